The Hall–Kier alpha value is -2.83. The highest BCUT2D eigenvalue weighted by atomic mass is 16.5. The number of para-hydroxylation sites is 2. The number of piperidine rings is 1. The highest BCUT2D eigenvalue weighted by Gasteiger charge is 2.22. The van der Waals surface area contributed by atoms with Gasteiger partial charge < -0.3 is 19.4 Å². The number of carbonyl (C=O) groups excluding carboxylic acids is 1. The van der Waals surface area contributed by atoms with Crippen LogP contribution in [0.2, 0.25) is 0 Å². The first-order chi connectivity index (χ1) is 13.8. The van der Waals surface area contributed by atoms with Crippen LogP contribution in [0, 0.1) is 0 Å². The van der Waals surface area contributed by atoms with E-state index in [1.165, 1.54) is 6.42 Å². The maximum atomic E-state index is 12.6. The third-order valence-corrected chi connectivity index (χ3v) is 5.52. The summed E-state index contributed by atoms with van der Waals surface area (Å²) >= 11 is 0. The van der Waals surface area contributed by atoms with E-state index in [2.05, 4.69) is 25.8 Å². The van der Waals surface area contributed by atoms with Crippen molar-refractivity contribution in [2.75, 3.05) is 56.2 Å². The van der Waals surface area contributed by atoms with Crippen molar-refractivity contribution in [1.82, 2.24) is 14.9 Å². The zero-order valence-corrected chi connectivity index (χ0v) is 16.4. The van der Waals surface area contributed by atoms with E-state index in [1.807, 2.05) is 23.1 Å². The standard InChI is InChI=1S/C21H27N5O2/c1-28-19-8-4-3-7-18(19)24-11-13-26(14-12-24)21-22-15-17(16-23-21)20(27)25-9-5-2-6-10-25/h3-4,7-8,15-16H,2,5-6,9-14H2,1H3. The summed E-state index contributed by atoms with van der Waals surface area (Å²) in [5.41, 5.74) is 1.70. The van der Waals surface area contributed by atoms with Crippen molar-refractivity contribution in [3.63, 3.8) is 0 Å². The summed E-state index contributed by atoms with van der Waals surface area (Å²) in [7, 11) is 1.70. The van der Waals surface area contributed by atoms with E-state index in [0.717, 1.165) is 63.5 Å². The molecule has 3 heterocycles. The predicted octanol–water partition coefficient (Wildman–Crippen LogP) is 2.44. The van der Waals surface area contributed by atoms with E-state index in [-0.39, 0.29) is 5.91 Å². The molecule has 0 radical (unpaired) electrons. The number of benzene rings is 1. The first kappa shape index (κ1) is 18.5. The van der Waals surface area contributed by atoms with Crippen molar-refractivity contribution in [2.45, 2.75) is 19.3 Å². The van der Waals surface area contributed by atoms with Crippen molar-refractivity contribution < 1.29 is 9.53 Å². The van der Waals surface area contributed by atoms with Gasteiger partial charge in [-0.1, -0.05) is 12.1 Å². The number of piperazine rings is 1. The Balaban J connectivity index is 1.37. The molecule has 2 aromatic rings. The van der Waals surface area contributed by atoms with E-state index < -0.39 is 0 Å². The van der Waals surface area contributed by atoms with Crippen molar-refractivity contribution in [3.05, 3.63) is 42.2 Å². The summed E-state index contributed by atoms with van der Waals surface area (Å²) in [5.74, 6) is 1.63. The van der Waals surface area contributed by atoms with Gasteiger partial charge in [0.05, 0.1) is 18.4 Å². The molecule has 4 rings (SSSR count). The van der Waals surface area contributed by atoms with Gasteiger partial charge in [-0.2, -0.15) is 0 Å². The maximum Gasteiger partial charge on any atom is 0.256 e. The lowest BCUT2D eigenvalue weighted by Gasteiger charge is -2.36. The minimum absolute atomic E-state index is 0.0484. The van der Waals surface area contributed by atoms with E-state index in [4.69, 9.17) is 4.74 Å². The molecule has 2 aliphatic heterocycles. The highest BCUT2D eigenvalue weighted by molar-refractivity contribution is 5.93. The van der Waals surface area contributed by atoms with Gasteiger partial charge in [-0.05, 0) is 31.4 Å². The monoisotopic (exact) mass is 381 g/mol. The van der Waals surface area contributed by atoms with Crippen LogP contribution in [0.4, 0.5) is 11.6 Å². The van der Waals surface area contributed by atoms with Crippen LogP contribution >= 0.6 is 0 Å². The number of hydrogen-bond acceptors (Lipinski definition) is 6. The van der Waals surface area contributed by atoms with E-state index >= 15 is 0 Å². The molecule has 0 atom stereocenters. The van der Waals surface area contributed by atoms with Crippen molar-refractivity contribution in [3.8, 4) is 5.75 Å². The molecule has 1 amide bonds. The number of ether oxygens (including phenoxy) is 1. The van der Waals surface area contributed by atoms with Crippen LogP contribution in [-0.4, -0.2) is 67.2 Å². The zero-order valence-electron chi connectivity index (χ0n) is 16.4. The molecule has 7 nitrogen and oxygen atoms in total. The molecule has 7 heteroatoms. The third kappa shape index (κ3) is 3.88. The summed E-state index contributed by atoms with van der Waals surface area (Å²) in [4.78, 5) is 27.9. The molecule has 0 saturated carbocycles. The van der Waals surface area contributed by atoms with Crippen molar-refractivity contribution >= 4 is 17.5 Å². The lowest BCUT2D eigenvalue weighted by molar-refractivity contribution is 0.0723. The predicted molar refractivity (Wildman–Crippen MR) is 109 cm³/mol. The molecule has 2 fully saturated rings. The number of rotatable bonds is 4. The molecule has 0 aliphatic carbocycles. The molecule has 148 valence electrons. The number of likely N-dealkylation sites (tertiary alicyclic amines) is 1. The number of hydrogen-bond donors (Lipinski definition) is 0. The molecule has 1 aromatic heterocycles. The minimum atomic E-state index is 0.0484. The third-order valence-electron chi connectivity index (χ3n) is 5.52. The summed E-state index contributed by atoms with van der Waals surface area (Å²) in [6.07, 6.45) is 6.72. The fourth-order valence-corrected chi connectivity index (χ4v) is 3.91. The van der Waals surface area contributed by atoms with Crippen LogP contribution in [0.3, 0.4) is 0 Å². The number of methoxy groups -OCH3 is 1. The molecule has 0 bridgehead atoms. The van der Waals surface area contributed by atoms with Crippen LogP contribution in [0.15, 0.2) is 36.7 Å². The Kier molecular flexibility index (Phi) is 5.60. The fourth-order valence-electron chi connectivity index (χ4n) is 3.91. The number of amides is 1. The lowest BCUT2D eigenvalue weighted by Crippen LogP contribution is -2.47. The molecule has 1 aromatic carbocycles. The normalized spacial score (nSPS) is 17.5. The smallest absolute Gasteiger partial charge is 0.256 e. The van der Waals surface area contributed by atoms with Gasteiger partial charge in [-0.15, -0.1) is 0 Å². The summed E-state index contributed by atoms with van der Waals surface area (Å²) in [6, 6.07) is 8.10. The van der Waals surface area contributed by atoms with Gasteiger partial charge in [0.25, 0.3) is 5.91 Å². The van der Waals surface area contributed by atoms with Gasteiger partial charge in [0.15, 0.2) is 0 Å². The maximum absolute atomic E-state index is 12.6. The molecule has 0 N–H and O–H groups in total. The number of nitrogens with zero attached hydrogens (tertiary/aromatic N) is 5. The molecular formula is C21H27N5O2. The van der Waals surface area contributed by atoms with Gasteiger partial charge in [0.1, 0.15) is 5.75 Å². The Morgan fingerprint density at radius 3 is 2.21 bits per heavy atom. The van der Waals surface area contributed by atoms with Crippen LogP contribution in [0.1, 0.15) is 29.6 Å². The fraction of sp³-hybridized carbons (Fsp3) is 0.476. The Morgan fingerprint density at radius 2 is 1.54 bits per heavy atom. The SMILES string of the molecule is COc1ccccc1N1CCN(c2ncc(C(=O)N3CCCCC3)cn2)CC1. The Bertz CT molecular complexity index is 797. The molecule has 0 spiro atoms. The first-order valence-corrected chi connectivity index (χ1v) is 10.0. The van der Waals surface area contributed by atoms with E-state index in [0.29, 0.717) is 11.5 Å². The molecule has 2 saturated heterocycles. The van der Waals surface area contributed by atoms with E-state index in [9.17, 15) is 4.79 Å². The molecule has 2 aliphatic rings. The van der Waals surface area contributed by atoms with Crippen molar-refractivity contribution in [2.24, 2.45) is 0 Å². The number of aromatic nitrogens is 2. The highest BCUT2D eigenvalue weighted by Crippen LogP contribution is 2.28. The van der Waals surface area contributed by atoms with Gasteiger partial charge >= 0.3 is 0 Å². The molecule has 28 heavy (non-hydrogen) atoms. The molecular weight excluding hydrogens is 354 g/mol. The van der Waals surface area contributed by atoms with Crippen LogP contribution in [0.25, 0.3) is 0 Å². The Labute approximate surface area is 165 Å². The van der Waals surface area contributed by atoms with Gasteiger partial charge in [0, 0.05) is 51.7 Å². The topological polar surface area (TPSA) is 61.8 Å². The largest absolute Gasteiger partial charge is 0.495 e. The quantitative estimate of drug-likeness (QED) is 0.811. The average Bonchev–Trinajstić information content (AvgIpc) is 2.79. The summed E-state index contributed by atoms with van der Waals surface area (Å²) < 4.78 is 5.48. The number of carbonyl (C=O) groups is 1. The minimum Gasteiger partial charge on any atom is -0.495 e. The first-order valence-electron chi connectivity index (χ1n) is 10.0. The number of anilines is 2. The second-order valence-electron chi connectivity index (χ2n) is 7.27. The van der Waals surface area contributed by atoms with Crippen molar-refractivity contribution in [1.29, 1.82) is 0 Å². The van der Waals surface area contributed by atoms with Gasteiger partial charge in [-0.25, -0.2) is 9.97 Å². The lowest BCUT2D eigenvalue weighted by atomic mass is 10.1. The van der Waals surface area contributed by atoms with Crippen LogP contribution < -0.4 is 14.5 Å². The van der Waals surface area contributed by atoms with Gasteiger partial charge in [0.2, 0.25) is 5.95 Å². The second kappa shape index (κ2) is 8.46. The van der Waals surface area contributed by atoms with E-state index in [1.54, 1.807) is 19.5 Å². The van der Waals surface area contributed by atoms with Crippen LogP contribution in [0.5, 0.6) is 5.75 Å². The Morgan fingerprint density at radius 1 is 0.893 bits per heavy atom. The zero-order chi connectivity index (χ0) is 19.3. The summed E-state index contributed by atoms with van der Waals surface area (Å²) in [6.45, 7) is 5.09. The van der Waals surface area contributed by atoms with Crippen LogP contribution in [-0.2, 0) is 0 Å². The second-order valence-corrected chi connectivity index (χ2v) is 7.27. The average molecular weight is 381 g/mol. The molecule has 0 unspecified atom stereocenters. The summed E-state index contributed by atoms with van der Waals surface area (Å²) in [5, 5.41) is 0. The van der Waals surface area contributed by atoms with Gasteiger partial charge in [-0.3, -0.25) is 4.79 Å².